The minimum absolute atomic E-state index is 0.255. The summed E-state index contributed by atoms with van der Waals surface area (Å²) in [6.45, 7) is 0. The Hall–Kier alpha value is -2.59. The molecule has 15 heavy (non-hydrogen) atoms. The van der Waals surface area contributed by atoms with Crippen LogP contribution in [0.25, 0.3) is 11.0 Å². The van der Waals surface area contributed by atoms with Crippen molar-refractivity contribution in [3.63, 3.8) is 0 Å². The Kier molecular flexibility index (Phi) is 1.97. The van der Waals surface area contributed by atoms with Crippen LogP contribution in [0.4, 0.5) is 0 Å². The van der Waals surface area contributed by atoms with Gasteiger partial charge in [-0.3, -0.25) is 0 Å². The summed E-state index contributed by atoms with van der Waals surface area (Å²) >= 11 is 0. The molecule has 0 aliphatic heterocycles. The van der Waals surface area contributed by atoms with Gasteiger partial charge in [-0.15, -0.1) is 0 Å². The molecule has 70 valence electrons. The topological polar surface area (TPSA) is 77.8 Å². The van der Waals surface area contributed by atoms with Crippen LogP contribution >= 0.6 is 0 Å². The van der Waals surface area contributed by atoms with Crippen molar-refractivity contribution < 1.29 is 4.42 Å². The molecule has 0 aliphatic rings. The van der Waals surface area contributed by atoms with E-state index in [1.807, 2.05) is 12.1 Å². The average Bonchev–Trinajstić information content (AvgIpc) is 2.26. The molecule has 0 unspecified atom stereocenters. The van der Waals surface area contributed by atoms with Gasteiger partial charge in [0, 0.05) is 11.5 Å². The highest BCUT2D eigenvalue weighted by molar-refractivity contribution is 5.83. The standard InChI is InChI=1S/C11H4N2O2/c12-5-7-1-2-9-8(6-13)4-11(14)15-10(9)3-7/h1-4H. The van der Waals surface area contributed by atoms with E-state index >= 15 is 0 Å². The first-order valence-electron chi connectivity index (χ1n) is 4.12. The maximum Gasteiger partial charge on any atom is 0.337 e. The van der Waals surface area contributed by atoms with Gasteiger partial charge in [-0.2, -0.15) is 10.5 Å². The van der Waals surface area contributed by atoms with E-state index in [1.165, 1.54) is 6.07 Å². The van der Waals surface area contributed by atoms with Crippen LogP contribution in [0, 0.1) is 22.7 Å². The van der Waals surface area contributed by atoms with E-state index in [0.29, 0.717) is 10.9 Å². The lowest BCUT2D eigenvalue weighted by Crippen LogP contribution is -1.98. The molecule has 4 heteroatoms. The molecule has 0 fully saturated rings. The number of hydrogen-bond acceptors (Lipinski definition) is 4. The van der Waals surface area contributed by atoms with Gasteiger partial charge in [0.2, 0.25) is 0 Å². The molecule has 1 aromatic heterocycles. The molecule has 0 saturated heterocycles. The first kappa shape index (κ1) is 8.98. The van der Waals surface area contributed by atoms with Gasteiger partial charge in [-0.25, -0.2) is 4.79 Å². The molecule has 2 aromatic rings. The van der Waals surface area contributed by atoms with Crippen LogP contribution in [0.3, 0.4) is 0 Å². The summed E-state index contributed by atoms with van der Waals surface area (Å²) in [5.74, 6) is 0. The van der Waals surface area contributed by atoms with Crippen molar-refractivity contribution in [2.24, 2.45) is 0 Å². The second-order valence-electron chi connectivity index (χ2n) is 2.91. The van der Waals surface area contributed by atoms with Crippen molar-refractivity contribution in [3.05, 3.63) is 45.8 Å². The zero-order valence-corrected chi connectivity index (χ0v) is 7.52. The average molecular weight is 196 g/mol. The van der Waals surface area contributed by atoms with Crippen molar-refractivity contribution in [1.29, 1.82) is 10.5 Å². The van der Waals surface area contributed by atoms with Crippen molar-refractivity contribution in [1.82, 2.24) is 0 Å². The van der Waals surface area contributed by atoms with E-state index < -0.39 is 5.63 Å². The van der Waals surface area contributed by atoms with E-state index in [-0.39, 0.29) is 11.1 Å². The predicted molar refractivity (Wildman–Crippen MR) is 51.9 cm³/mol. The van der Waals surface area contributed by atoms with Gasteiger partial charge in [0.25, 0.3) is 0 Å². The Labute approximate surface area is 84.6 Å². The number of fused-ring (bicyclic) bond motifs is 1. The van der Waals surface area contributed by atoms with E-state index in [9.17, 15) is 4.79 Å². The SMILES string of the molecule is N#Cc1ccc2c(C#N)cc(=O)oc2c1. The third-order valence-electron chi connectivity index (χ3n) is 1.99. The largest absolute Gasteiger partial charge is 0.423 e. The van der Waals surface area contributed by atoms with Crippen LogP contribution in [-0.4, -0.2) is 0 Å². The number of nitrogens with zero attached hydrogens (tertiary/aromatic N) is 2. The Bertz CT molecular complexity index is 672. The highest BCUT2D eigenvalue weighted by atomic mass is 16.4. The molecular formula is C11H4N2O2. The molecule has 0 saturated carbocycles. The molecular weight excluding hydrogens is 192 g/mol. The molecule has 1 heterocycles. The molecule has 1 aromatic carbocycles. The third-order valence-corrected chi connectivity index (χ3v) is 1.99. The van der Waals surface area contributed by atoms with Gasteiger partial charge in [-0.1, -0.05) is 0 Å². The van der Waals surface area contributed by atoms with Crippen LogP contribution < -0.4 is 5.63 Å². The Morgan fingerprint density at radius 1 is 1.13 bits per heavy atom. The summed E-state index contributed by atoms with van der Waals surface area (Å²) < 4.78 is 4.89. The number of hydrogen-bond donors (Lipinski definition) is 0. The molecule has 0 aliphatic carbocycles. The van der Waals surface area contributed by atoms with Crippen molar-refractivity contribution in [2.45, 2.75) is 0 Å². The summed E-state index contributed by atoms with van der Waals surface area (Å²) in [7, 11) is 0. The number of benzene rings is 1. The van der Waals surface area contributed by atoms with Gasteiger partial charge in [-0.05, 0) is 18.2 Å². The zero-order chi connectivity index (χ0) is 10.8. The summed E-state index contributed by atoms with van der Waals surface area (Å²) in [5.41, 5.74) is 0.318. The van der Waals surface area contributed by atoms with Gasteiger partial charge < -0.3 is 4.42 Å². The minimum Gasteiger partial charge on any atom is -0.423 e. The van der Waals surface area contributed by atoms with Crippen LogP contribution in [0.5, 0.6) is 0 Å². The lowest BCUT2D eigenvalue weighted by Gasteiger charge is -1.97. The monoisotopic (exact) mass is 196 g/mol. The van der Waals surface area contributed by atoms with Crippen LogP contribution in [-0.2, 0) is 0 Å². The summed E-state index contributed by atoms with van der Waals surface area (Å²) in [4.78, 5) is 11.1. The van der Waals surface area contributed by atoms with Gasteiger partial charge in [0.1, 0.15) is 11.7 Å². The normalized spacial score (nSPS) is 9.47. The van der Waals surface area contributed by atoms with E-state index in [0.717, 1.165) is 6.07 Å². The molecule has 0 radical (unpaired) electrons. The van der Waals surface area contributed by atoms with Gasteiger partial charge in [0.05, 0.1) is 17.2 Å². The van der Waals surface area contributed by atoms with E-state index in [1.54, 1.807) is 12.1 Å². The second-order valence-corrected chi connectivity index (χ2v) is 2.91. The third kappa shape index (κ3) is 1.45. The van der Waals surface area contributed by atoms with Crippen LogP contribution in [0.1, 0.15) is 11.1 Å². The summed E-state index contributed by atoms with van der Waals surface area (Å²) in [6.07, 6.45) is 0. The lowest BCUT2D eigenvalue weighted by molar-refractivity contribution is 0.560. The van der Waals surface area contributed by atoms with E-state index in [2.05, 4.69) is 0 Å². The molecule has 0 atom stereocenters. The number of nitriles is 2. The van der Waals surface area contributed by atoms with Crippen molar-refractivity contribution in [3.8, 4) is 12.1 Å². The molecule has 4 nitrogen and oxygen atoms in total. The molecule has 0 bridgehead atoms. The zero-order valence-electron chi connectivity index (χ0n) is 7.52. The Morgan fingerprint density at radius 3 is 2.60 bits per heavy atom. The number of rotatable bonds is 0. The first-order valence-corrected chi connectivity index (χ1v) is 4.12. The fraction of sp³-hybridized carbons (Fsp3) is 0. The van der Waals surface area contributed by atoms with Crippen molar-refractivity contribution in [2.75, 3.05) is 0 Å². The van der Waals surface area contributed by atoms with Crippen LogP contribution in [0.15, 0.2) is 33.5 Å². The second kappa shape index (κ2) is 3.28. The predicted octanol–water partition coefficient (Wildman–Crippen LogP) is 1.54. The maximum atomic E-state index is 11.1. The Balaban J connectivity index is 2.93. The molecule has 0 N–H and O–H groups in total. The van der Waals surface area contributed by atoms with Crippen LogP contribution in [0.2, 0.25) is 0 Å². The lowest BCUT2D eigenvalue weighted by atomic mass is 10.1. The van der Waals surface area contributed by atoms with Gasteiger partial charge >= 0.3 is 5.63 Å². The quantitative estimate of drug-likeness (QED) is 0.598. The summed E-state index contributed by atoms with van der Waals surface area (Å²) in [5, 5.41) is 18.0. The Morgan fingerprint density at radius 2 is 1.93 bits per heavy atom. The minimum atomic E-state index is -0.589. The maximum absolute atomic E-state index is 11.1. The van der Waals surface area contributed by atoms with Crippen molar-refractivity contribution >= 4 is 11.0 Å². The summed E-state index contributed by atoms with van der Waals surface area (Å²) in [6, 6.07) is 9.58. The highest BCUT2D eigenvalue weighted by Gasteiger charge is 2.05. The fourth-order valence-corrected chi connectivity index (χ4v) is 1.32. The molecule has 0 amide bonds. The van der Waals surface area contributed by atoms with E-state index in [4.69, 9.17) is 14.9 Å². The molecule has 0 spiro atoms. The molecule has 2 rings (SSSR count). The van der Waals surface area contributed by atoms with Gasteiger partial charge in [0.15, 0.2) is 0 Å². The first-order chi connectivity index (χ1) is 7.24. The fourth-order valence-electron chi connectivity index (χ4n) is 1.32. The highest BCUT2D eigenvalue weighted by Crippen LogP contribution is 2.17. The smallest absolute Gasteiger partial charge is 0.337 e.